The molecule has 0 aliphatic rings. The second-order valence-corrected chi connectivity index (χ2v) is 4.19. The SMILES string of the molecule is CCOCCCC(O)Cc1cccc(C)c1. The van der Waals surface area contributed by atoms with E-state index in [4.69, 9.17) is 4.74 Å². The number of hydrogen-bond acceptors (Lipinski definition) is 2. The highest BCUT2D eigenvalue weighted by molar-refractivity contribution is 5.22. The molecule has 2 nitrogen and oxygen atoms in total. The monoisotopic (exact) mass is 222 g/mol. The van der Waals surface area contributed by atoms with Gasteiger partial charge in [0.15, 0.2) is 0 Å². The van der Waals surface area contributed by atoms with Crippen molar-refractivity contribution in [3.63, 3.8) is 0 Å². The van der Waals surface area contributed by atoms with Crippen molar-refractivity contribution in [3.05, 3.63) is 35.4 Å². The van der Waals surface area contributed by atoms with Crippen molar-refractivity contribution in [3.8, 4) is 0 Å². The summed E-state index contributed by atoms with van der Waals surface area (Å²) in [6, 6.07) is 8.31. The molecule has 90 valence electrons. The van der Waals surface area contributed by atoms with Crippen LogP contribution in [0.1, 0.15) is 30.9 Å². The summed E-state index contributed by atoms with van der Waals surface area (Å²) >= 11 is 0. The fourth-order valence-corrected chi connectivity index (χ4v) is 1.78. The Hall–Kier alpha value is -0.860. The third-order valence-electron chi connectivity index (χ3n) is 2.58. The molecular formula is C14H22O2. The largest absolute Gasteiger partial charge is 0.393 e. The molecule has 1 N–H and O–H groups in total. The van der Waals surface area contributed by atoms with Crippen LogP contribution in [0.25, 0.3) is 0 Å². The number of aryl methyl sites for hydroxylation is 1. The Bertz CT molecular complexity index is 297. The lowest BCUT2D eigenvalue weighted by atomic mass is 10.0. The molecule has 1 aromatic rings. The zero-order chi connectivity index (χ0) is 11.8. The molecule has 0 aliphatic heterocycles. The third-order valence-corrected chi connectivity index (χ3v) is 2.58. The highest BCUT2D eigenvalue weighted by atomic mass is 16.5. The molecule has 1 unspecified atom stereocenters. The highest BCUT2D eigenvalue weighted by Gasteiger charge is 2.05. The number of aliphatic hydroxyl groups is 1. The summed E-state index contributed by atoms with van der Waals surface area (Å²) in [5.41, 5.74) is 2.46. The molecule has 0 heterocycles. The second-order valence-electron chi connectivity index (χ2n) is 4.19. The van der Waals surface area contributed by atoms with Crippen LogP contribution in [0.15, 0.2) is 24.3 Å². The Balaban J connectivity index is 2.25. The summed E-state index contributed by atoms with van der Waals surface area (Å²) in [6.07, 6.45) is 2.24. The lowest BCUT2D eigenvalue weighted by molar-refractivity contribution is 0.114. The highest BCUT2D eigenvalue weighted by Crippen LogP contribution is 2.09. The topological polar surface area (TPSA) is 29.5 Å². The predicted octanol–water partition coefficient (Wildman–Crippen LogP) is 2.72. The van der Waals surface area contributed by atoms with Gasteiger partial charge < -0.3 is 9.84 Å². The normalized spacial score (nSPS) is 12.7. The Kier molecular flexibility index (Phi) is 6.12. The van der Waals surface area contributed by atoms with Gasteiger partial charge in [-0.15, -0.1) is 0 Å². The van der Waals surface area contributed by atoms with Crippen molar-refractivity contribution in [2.24, 2.45) is 0 Å². The number of rotatable bonds is 7. The lowest BCUT2D eigenvalue weighted by Crippen LogP contribution is -2.11. The summed E-state index contributed by atoms with van der Waals surface area (Å²) in [6.45, 7) is 5.57. The van der Waals surface area contributed by atoms with Gasteiger partial charge >= 0.3 is 0 Å². The standard InChI is InChI=1S/C14H22O2/c1-3-16-9-5-8-14(15)11-13-7-4-6-12(2)10-13/h4,6-7,10,14-15H,3,5,8-9,11H2,1-2H3. The zero-order valence-corrected chi connectivity index (χ0v) is 10.3. The predicted molar refractivity (Wildman–Crippen MR) is 66.6 cm³/mol. The maximum Gasteiger partial charge on any atom is 0.0581 e. The van der Waals surface area contributed by atoms with E-state index in [0.29, 0.717) is 0 Å². The van der Waals surface area contributed by atoms with Crippen LogP contribution in [0.5, 0.6) is 0 Å². The molecule has 0 bridgehead atoms. The van der Waals surface area contributed by atoms with E-state index in [1.807, 2.05) is 13.0 Å². The van der Waals surface area contributed by atoms with E-state index < -0.39 is 0 Å². The quantitative estimate of drug-likeness (QED) is 0.719. The molecule has 0 fully saturated rings. The van der Waals surface area contributed by atoms with Crippen LogP contribution < -0.4 is 0 Å². The van der Waals surface area contributed by atoms with Gasteiger partial charge in [-0.1, -0.05) is 29.8 Å². The number of benzene rings is 1. The van der Waals surface area contributed by atoms with Gasteiger partial charge in [0.05, 0.1) is 6.10 Å². The summed E-state index contributed by atoms with van der Waals surface area (Å²) < 4.78 is 5.24. The fourth-order valence-electron chi connectivity index (χ4n) is 1.78. The van der Waals surface area contributed by atoms with Crippen molar-refractivity contribution in [2.45, 2.75) is 39.2 Å². The summed E-state index contributed by atoms with van der Waals surface area (Å²) in [5, 5.41) is 9.84. The summed E-state index contributed by atoms with van der Waals surface area (Å²) in [4.78, 5) is 0. The fraction of sp³-hybridized carbons (Fsp3) is 0.571. The van der Waals surface area contributed by atoms with Crippen molar-refractivity contribution in [2.75, 3.05) is 13.2 Å². The van der Waals surface area contributed by atoms with Gasteiger partial charge in [-0.25, -0.2) is 0 Å². The lowest BCUT2D eigenvalue weighted by Gasteiger charge is -2.10. The van der Waals surface area contributed by atoms with Crippen LogP contribution >= 0.6 is 0 Å². The molecule has 0 saturated carbocycles. The van der Waals surface area contributed by atoms with E-state index in [9.17, 15) is 5.11 Å². The first-order valence-corrected chi connectivity index (χ1v) is 6.03. The third kappa shape index (κ3) is 5.29. The first-order valence-electron chi connectivity index (χ1n) is 6.03. The van der Waals surface area contributed by atoms with Gasteiger partial charge in [0.25, 0.3) is 0 Å². The van der Waals surface area contributed by atoms with Crippen LogP contribution in [0.2, 0.25) is 0 Å². The van der Waals surface area contributed by atoms with Crippen LogP contribution in [0.3, 0.4) is 0 Å². The molecule has 0 saturated heterocycles. The smallest absolute Gasteiger partial charge is 0.0581 e. The maximum absolute atomic E-state index is 9.84. The Labute approximate surface area is 98.3 Å². The second kappa shape index (κ2) is 7.42. The average Bonchev–Trinajstić information content (AvgIpc) is 2.24. The van der Waals surface area contributed by atoms with E-state index >= 15 is 0 Å². The molecule has 16 heavy (non-hydrogen) atoms. The van der Waals surface area contributed by atoms with Crippen molar-refractivity contribution >= 4 is 0 Å². The molecule has 0 spiro atoms. The van der Waals surface area contributed by atoms with E-state index in [1.54, 1.807) is 0 Å². The molecule has 0 aromatic heterocycles. The molecule has 1 rings (SSSR count). The average molecular weight is 222 g/mol. The minimum absolute atomic E-state index is 0.248. The maximum atomic E-state index is 9.84. The molecule has 0 radical (unpaired) electrons. The Morgan fingerprint density at radius 3 is 2.88 bits per heavy atom. The Morgan fingerprint density at radius 1 is 1.38 bits per heavy atom. The van der Waals surface area contributed by atoms with Crippen LogP contribution in [0.4, 0.5) is 0 Å². The van der Waals surface area contributed by atoms with E-state index in [2.05, 4.69) is 25.1 Å². The zero-order valence-electron chi connectivity index (χ0n) is 10.3. The number of ether oxygens (including phenoxy) is 1. The molecule has 0 amide bonds. The minimum atomic E-state index is -0.248. The minimum Gasteiger partial charge on any atom is -0.393 e. The van der Waals surface area contributed by atoms with Gasteiger partial charge in [0.2, 0.25) is 0 Å². The summed E-state index contributed by atoms with van der Waals surface area (Å²) in [5.74, 6) is 0. The van der Waals surface area contributed by atoms with E-state index in [0.717, 1.165) is 32.5 Å². The molecule has 2 heteroatoms. The summed E-state index contributed by atoms with van der Waals surface area (Å²) in [7, 11) is 0. The van der Waals surface area contributed by atoms with Crippen molar-refractivity contribution in [1.82, 2.24) is 0 Å². The molecule has 0 aliphatic carbocycles. The van der Waals surface area contributed by atoms with Crippen LogP contribution in [-0.4, -0.2) is 24.4 Å². The van der Waals surface area contributed by atoms with Gasteiger partial charge in [-0.3, -0.25) is 0 Å². The van der Waals surface area contributed by atoms with Gasteiger partial charge in [-0.2, -0.15) is 0 Å². The molecule has 1 atom stereocenters. The van der Waals surface area contributed by atoms with Gasteiger partial charge in [0.1, 0.15) is 0 Å². The number of hydrogen-bond donors (Lipinski definition) is 1. The van der Waals surface area contributed by atoms with Gasteiger partial charge in [-0.05, 0) is 38.7 Å². The van der Waals surface area contributed by atoms with Crippen LogP contribution in [-0.2, 0) is 11.2 Å². The van der Waals surface area contributed by atoms with E-state index in [1.165, 1.54) is 11.1 Å². The first-order chi connectivity index (χ1) is 7.72. The van der Waals surface area contributed by atoms with Gasteiger partial charge in [0, 0.05) is 13.2 Å². The Morgan fingerprint density at radius 2 is 2.19 bits per heavy atom. The van der Waals surface area contributed by atoms with Crippen molar-refractivity contribution in [1.29, 1.82) is 0 Å². The number of aliphatic hydroxyl groups excluding tert-OH is 1. The first kappa shape index (κ1) is 13.2. The molecule has 1 aromatic carbocycles. The van der Waals surface area contributed by atoms with E-state index in [-0.39, 0.29) is 6.10 Å². The van der Waals surface area contributed by atoms with Crippen LogP contribution in [0, 0.1) is 6.92 Å². The van der Waals surface area contributed by atoms with Crippen molar-refractivity contribution < 1.29 is 9.84 Å². The molecular weight excluding hydrogens is 200 g/mol.